The molecule has 2 aromatic heterocycles. The van der Waals surface area contributed by atoms with Gasteiger partial charge >= 0.3 is 0 Å². The van der Waals surface area contributed by atoms with Crippen molar-refractivity contribution in [2.75, 3.05) is 14.2 Å². The predicted molar refractivity (Wildman–Crippen MR) is 107 cm³/mol. The lowest BCUT2D eigenvalue weighted by Gasteiger charge is -2.25. The average Bonchev–Trinajstić information content (AvgIpc) is 3.50. The lowest BCUT2D eigenvalue weighted by molar-refractivity contribution is 0.0745. The number of nitrogens with zero attached hydrogens (tertiary/aromatic N) is 3. The molecule has 6 heteroatoms. The minimum absolute atomic E-state index is 0.0263. The van der Waals surface area contributed by atoms with Crippen molar-refractivity contribution in [3.05, 3.63) is 52.8 Å². The van der Waals surface area contributed by atoms with Crippen LogP contribution in [0.3, 0.4) is 0 Å². The summed E-state index contributed by atoms with van der Waals surface area (Å²) < 4.78 is 10.6. The lowest BCUT2D eigenvalue weighted by atomic mass is 10.0. The summed E-state index contributed by atoms with van der Waals surface area (Å²) in [5, 5.41) is 4.75. The standard InChI is InChI=1S/C22H25N3O3/c1-13(11-15-5-9-17(27-4)10-6-15)25(3)22(26)18-12-19(16-7-8-16)23-21-20(18)14(2)24-28-21/h5-6,9-10,12-13,16H,7-8,11H2,1-4H3/t13-/m0/s1. The quantitative estimate of drug-likeness (QED) is 0.644. The average molecular weight is 379 g/mol. The van der Waals surface area contributed by atoms with E-state index >= 15 is 0 Å². The second-order valence-electron chi connectivity index (χ2n) is 7.63. The zero-order chi connectivity index (χ0) is 19.8. The van der Waals surface area contributed by atoms with E-state index in [1.807, 2.05) is 44.3 Å². The second-order valence-corrected chi connectivity index (χ2v) is 7.63. The second kappa shape index (κ2) is 7.26. The van der Waals surface area contributed by atoms with Crippen LogP contribution in [0.4, 0.5) is 0 Å². The first-order valence-corrected chi connectivity index (χ1v) is 9.65. The molecule has 1 amide bonds. The Labute approximate surface area is 164 Å². The Morgan fingerprint density at radius 3 is 2.68 bits per heavy atom. The van der Waals surface area contributed by atoms with Crippen LogP contribution >= 0.6 is 0 Å². The van der Waals surface area contributed by atoms with Gasteiger partial charge in [-0.15, -0.1) is 0 Å². The van der Waals surface area contributed by atoms with Crippen LogP contribution in [0.15, 0.2) is 34.9 Å². The van der Waals surface area contributed by atoms with Crippen molar-refractivity contribution in [1.29, 1.82) is 0 Å². The SMILES string of the molecule is COc1ccc(C[C@H](C)N(C)C(=O)c2cc(C3CC3)nc3onc(C)c23)cc1. The monoisotopic (exact) mass is 379 g/mol. The summed E-state index contributed by atoms with van der Waals surface area (Å²) in [4.78, 5) is 19.7. The Balaban J connectivity index is 1.59. The highest BCUT2D eigenvalue weighted by Gasteiger charge is 2.30. The fourth-order valence-corrected chi connectivity index (χ4v) is 3.50. The first kappa shape index (κ1) is 18.5. The largest absolute Gasteiger partial charge is 0.497 e. The molecular weight excluding hydrogens is 354 g/mol. The molecule has 1 aromatic carbocycles. The smallest absolute Gasteiger partial charge is 0.259 e. The van der Waals surface area contributed by atoms with Crippen LogP contribution in [-0.2, 0) is 6.42 Å². The number of aryl methyl sites for hydroxylation is 1. The van der Waals surface area contributed by atoms with Gasteiger partial charge in [0.1, 0.15) is 5.75 Å². The van der Waals surface area contributed by atoms with Gasteiger partial charge in [-0.25, -0.2) is 4.98 Å². The molecule has 4 rings (SSSR count). The third-order valence-corrected chi connectivity index (χ3v) is 5.53. The highest BCUT2D eigenvalue weighted by Crippen LogP contribution is 2.40. The molecule has 6 nitrogen and oxygen atoms in total. The van der Waals surface area contributed by atoms with Crippen LogP contribution < -0.4 is 4.74 Å². The van der Waals surface area contributed by atoms with E-state index in [2.05, 4.69) is 17.1 Å². The fourth-order valence-electron chi connectivity index (χ4n) is 3.50. The zero-order valence-electron chi connectivity index (χ0n) is 16.7. The minimum Gasteiger partial charge on any atom is -0.497 e. The molecule has 1 fully saturated rings. The third-order valence-electron chi connectivity index (χ3n) is 5.53. The molecule has 0 bridgehead atoms. The van der Waals surface area contributed by atoms with Gasteiger partial charge in [0.2, 0.25) is 0 Å². The van der Waals surface area contributed by atoms with E-state index < -0.39 is 0 Å². The van der Waals surface area contributed by atoms with E-state index in [0.717, 1.165) is 41.7 Å². The maximum absolute atomic E-state index is 13.3. The Bertz CT molecular complexity index is 1010. The van der Waals surface area contributed by atoms with Crippen molar-refractivity contribution in [3.63, 3.8) is 0 Å². The van der Waals surface area contributed by atoms with E-state index in [0.29, 0.717) is 22.9 Å². The van der Waals surface area contributed by atoms with Gasteiger partial charge in [0.15, 0.2) is 0 Å². The molecule has 3 aromatic rings. The van der Waals surface area contributed by atoms with Crippen LogP contribution in [0.2, 0.25) is 0 Å². The van der Waals surface area contributed by atoms with Crippen molar-refractivity contribution in [2.45, 2.75) is 45.1 Å². The molecule has 1 atom stereocenters. The molecule has 0 radical (unpaired) electrons. The number of likely N-dealkylation sites (N-methyl/N-ethyl adjacent to an activating group) is 1. The van der Waals surface area contributed by atoms with Gasteiger partial charge in [-0.1, -0.05) is 17.3 Å². The maximum Gasteiger partial charge on any atom is 0.259 e. The topological polar surface area (TPSA) is 68.5 Å². The van der Waals surface area contributed by atoms with Crippen LogP contribution in [-0.4, -0.2) is 41.1 Å². The summed E-state index contributed by atoms with van der Waals surface area (Å²) in [6.45, 7) is 3.91. The van der Waals surface area contributed by atoms with Gasteiger partial charge in [0, 0.05) is 24.7 Å². The van der Waals surface area contributed by atoms with Gasteiger partial charge in [-0.05, 0) is 56.9 Å². The zero-order valence-corrected chi connectivity index (χ0v) is 16.7. The van der Waals surface area contributed by atoms with Crippen molar-refractivity contribution in [1.82, 2.24) is 15.0 Å². The van der Waals surface area contributed by atoms with E-state index in [4.69, 9.17) is 9.26 Å². The number of benzene rings is 1. The van der Waals surface area contributed by atoms with Crippen molar-refractivity contribution < 1.29 is 14.1 Å². The Hall–Kier alpha value is -2.89. The van der Waals surface area contributed by atoms with Gasteiger partial charge in [-0.3, -0.25) is 4.79 Å². The molecular formula is C22H25N3O3. The predicted octanol–water partition coefficient (Wildman–Crippen LogP) is 4.12. The van der Waals surface area contributed by atoms with E-state index in [1.165, 1.54) is 0 Å². The van der Waals surface area contributed by atoms with E-state index in [-0.39, 0.29) is 11.9 Å². The summed E-state index contributed by atoms with van der Waals surface area (Å²) in [6, 6.07) is 9.93. The van der Waals surface area contributed by atoms with Crippen LogP contribution in [0.25, 0.3) is 11.1 Å². The van der Waals surface area contributed by atoms with Gasteiger partial charge in [0.05, 0.1) is 23.8 Å². The number of pyridine rings is 1. The number of methoxy groups -OCH3 is 1. The lowest BCUT2D eigenvalue weighted by Crippen LogP contribution is -2.36. The number of hydrogen-bond acceptors (Lipinski definition) is 5. The summed E-state index contributed by atoms with van der Waals surface area (Å²) in [5.74, 6) is 1.24. The maximum atomic E-state index is 13.3. The Morgan fingerprint density at radius 1 is 1.32 bits per heavy atom. The number of amides is 1. The highest BCUT2D eigenvalue weighted by atomic mass is 16.5. The number of fused-ring (bicyclic) bond motifs is 1. The number of hydrogen-bond donors (Lipinski definition) is 0. The fraction of sp³-hybridized carbons (Fsp3) is 0.409. The Kier molecular flexibility index (Phi) is 4.79. The normalized spacial score (nSPS) is 14.9. The summed E-state index contributed by atoms with van der Waals surface area (Å²) in [7, 11) is 3.50. The molecule has 0 aliphatic heterocycles. The number of rotatable bonds is 6. The molecule has 28 heavy (non-hydrogen) atoms. The number of ether oxygens (including phenoxy) is 1. The third kappa shape index (κ3) is 3.46. The Morgan fingerprint density at radius 2 is 2.04 bits per heavy atom. The van der Waals surface area contributed by atoms with Crippen LogP contribution in [0.5, 0.6) is 5.75 Å². The number of carbonyl (C=O) groups excluding carboxylic acids is 1. The molecule has 0 unspecified atom stereocenters. The summed E-state index contributed by atoms with van der Waals surface area (Å²) in [6.07, 6.45) is 2.99. The van der Waals surface area contributed by atoms with Crippen molar-refractivity contribution in [2.24, 2.45) is 0 Å². The first-order valence-electron chi connectivity index (χ1n) is 9.65. The molecule has 0 N–H and O–H groups in total. The van der Waals surface area contributed by atoms with Gasteiger partial charge in [-0.2, -0.15) is 0 Å². The molecule has 2 heterocycles. The summed E-state index contributed by atoms with van der Waals surface area (Å²) in [5.41, 5.74) is 3.89. The molecule has 146 valence electrons. The van der Waals surface area contributed by atoms with Crippen molar-refractivity contribution in [3.8, 4) is 5.75 Å². The van der Waals surface area contributed by atoms with Crippen LogP contribution in [0.1, 0.15) is 53.0 Å². The van der Waals surface area contributed by atoms with Gasteiger partial charge < -0.3 is 14.2 Å². The van der Waals surface area contributed by atoms with E-state index in [1.54, 1.807) is 12.0 Å². The molecule has 1 aliphatic rings. The number of carbonyl (C=O) groups is 1. The van der Waals surface area contributed by atoms with Crippen LogP contribution in [0, 0.1) is 6.92 Å². The van der Waals surface area contributed by atoms with Gasteiger partial charge in [0.25, 0.3) is 11.6 Å². The number of aromatic nitrogens is 2. The first-order chi connectivity index (χ1) is 13.5. The molecule has 1 aliphatic carbocycles. The minimum atomic E-state index is -0.0263. The molecule has 0 saturated heterocycles. The van der Waals surface area contributed by atoms with Crippen molar-refractivity contribution >= 4 is 17.0 Å². The molecule has 1 saturated carbocycles. The highest BCUT2D eigenvalue weighted by molar-refractivity contribution is 6.06. The van der Waals surface area contributed by atoms with E-state index in [9.17, 15) is 4.79 Å². The molecule has 0 spiro atoms. The summed E-state index contributed by atoms with van der Waals surface area (Å²) >= 11 is 0.